The number of rotatable bonds is 1. The van der Waals surface area contributed by atoms with E-state index in [9.17, 15) is 0 Å². The maximum atomic E-state index is 5.92. The molecule has 0 radical (unpaired) electrons. The van der Waals surface area contributed by atoms with Gasteiger partial charge >= 0.3 is 0 Å². The van der Waals surface area contributed by atoms with Crippen molar-refractivity contribution in [1.82, 2.24) is 15.0 Å². The maximum absolute atomic E-state index is 5.92. The molecular formula is C11H11ClN4. The van der Waals surface area contributed by atoms with Crippen LogP contribution >= 0.6 is 11.6 Å². The minimum atomic E-state index is 0.560. The molecule has 1 heterocycles. The maximum Gasteiger partial charge on any atom is 0.165 e. The van der Waals surface area contributed by atoms with Crippen LogP contribution in [0.5, 0.6) is 0 Å². The Balaban J connectivity index is 2.62. The number of aryl methyl sites for hydroxylation is 2. The standard InChI is InChI=1S/C11H11ClN4/c1-6-14-7(2)16-11(15-6)9-5-8(12)3-4-10(9)13/h3-5H,13H2,1-2H3. The van der Waals surface area contributed by atoms with Crippen LogP contribution in [-0.4, -0.2) is 15.0 Å². The van der Waals surface area contributed by atoms with Crippen molar-refractivity contribution in [2.24, 2.45) is 0 Å². The molecule has 0 saturated carbocycles. The highest BCUT2D eigenvalue weighted by atomic mass is 35.5. The Bertz CT molecular complexity index is 519. The summed E-state index contributed by atoms with van der Waals surface area (Å²) in [6.07, 6.45) is 0. The van der Waals surface area contributed by atoms with Crippen molar-refractivity contribution in [3.8, 4) is 11.4 Å². The van der Waals surface area contributed by atoms with Crippen LogP contribution in [0.4, 0.5) is 5.69 Å². The third-order valence-electron chi connectivity index (χ3n) is 2.12. The summed E-state index contributed by atoms with van der Waals surface area (Å²) in [4.78, 5) is 12.6. The average Bonchev–Trinajstić information content (AvgIpc) is 2.20. The second-order valence-corrected chi connectivity index (χ2v) is 3.92. The Hall–Kier alpha value is -1.68. The van der Waals surface area contributed by atoms with Crippen LogP contribution in [0.1, 0.15) is 11.6 Å². The fourth-order valence-corrected chi connectivity index (χ4v) is 1.63. The first-order chi connectivity index (χ1) is 7.56. The lowest BCUT2D eigenvalue weighted by molar-refractivity contribution is 0.929. The molecule has 0 unspecified atom stereocenters. The number of nitrogens with zero attached hydrogens (tertiary/aromatic N) is 3. The summed E-state index contributed by atoms with van der Waals surface area (Å²) in [5, 5.41) is 0.611. The second kappa shape index (κ2) is 4.06. The van der Waals surface area contributed by atoms with E-state index in [-0.39, 0.29) is 0 Å². The molecule has 82 valence electrons. The van der Waals surface area contributed by atoms with Crippen LogP contribution in [-0.2, 0) is 0 Å². The Morgan fingerprint density at radius 2 is 1.69 bits per heavy atom. The fraction of sp³-hybridized carbons (Fsp3) is 0.182. The van der Waals surface area contributed by atoms with E-state index in [1.54, 1.807) is 18.2 Å². The monoisotopic (exact) mass is 234 g/mol. The molecule has 4 nitrogen and oxygen atoms in total. The average molecular weight is 235 g/mol. The topological polar surface area (TPSA) is 64.7 Å². The van der Waals surface area contributed by atoms with Gasteiger partial charge in [0.15, 0.2) is 5.82 Å². The zero-order valence-electron chi connectivity index (χ0n) is 9.03. The van der Waals surface area contributed by atoms with Crippen LogP contribution in [0.2, 0.25) is 5.02 Å². The minimum absolute atomic E-state index is 0.560. The predicted octanol–water partition coefficient (Wildman–Crippen LogP) is 2.39. The summed E-state index contributed by atoms with van der Waals surface area (Å²) in [5.74, 6) is 1.90. The summed E-state index contributed by atoms with van der Waals surface area (Å²) >= 11 is 5.92. The van der Waals surface area contributed by atoms with E-state index in [4.69, 9.17) is 17.3 Å². The Morgan fingerprint density at radius 1 is 1.06 bits per heavy atom. The van der Waals surface area contributed by atoms with Crippen LogP contribution < -0.4 is 5.73 Å². The van der Waals surface area contributed by atoms with Gasteiger partial charge in [-0.2, -0.15) is 0 Å². The van der Waals surface area contributed by atoms with Crippen LogP contribution in [0.25, 0.3) is 11.4 Å². The third kappa shape index (κ3) is 2.12. The quantitative estimate of drug-likeness (QED) is 0.770. The molecule has 0 aliphatic rings. The summed E-state index contributed by atoms with van der Waals surface area (Å²) in [6, 6.07) is 5.23. The molecule has 2 rings (SSSR count). The smallest absolute Gasteiger partial charge is 0.165 e. The van der Waals surface area contributed by atoms with E-state index in [0.717, 1.165) is 5.56 Å². The summed E-state index contributed by atoms with van der Waals surface area (Å²) in [6.45, 7) is 3.64. The zero-order chi connectivity index (χ0) is 11.7. The van der Waals surface area contributed by atoms with Gasteiger partial charge in [0.05, 0.1) is 0 Å². The van der Waals surface area contributed by atoms with E-state index >= 15 is 0 Å². The van der Waals surface area contributed by atoms with Crippen molar-refractivity contribution >= 4 is 17.3 Å². The van der Waals surface area contributed by atoms with Gasteiger partial charge in [0.25, 0.3) is 0 Å². The van der Waals surface area contributed by atoms with Gasteiger partial charge in [0, 0.05) is 16.3 Å². The number of benzene rings is 1. The largest absolute Gasteiger partial charge is 0.398 e. The van der Waals surface area contributed by atoms with Gasteiger partial charge in [-0.1, -0.05) is 11.6 Å². The molecule has 0 aliphatic heterocycles. The van der Waals surface area contributed by atoms with Gasteiger partial charge in [-0.3, -0.25) is 0 Å². The van der Waals surface area contributed by atoms with Gasteiger partial charge in [0.1, 0.15) is 11.6 Å². The second-order valence-electron chi connectivity index (χ2n) is 3.49. The predicted molar refractivity (Wildman–Crippen MR) is 64.2 cm³/mol. The molecule has 0 spiro atoms. The number of aromatic nitrogens is 3. The third-order valence-corrected chi connectivity index (χ3v) is 2.35. The van der Waals surface area contributed by atoms with E-state index in [0.29, 0.717) is 28.2 Å². The highest BCUT2D eigenvalue weighted by Gasteiger charge is 2.08. The lowest BCUT2D eigenvalue weighted by Crippen LogP contribution is -2.00. The molecule has 16 heavy (non-hydrogen) atoms. The zero-order valence-corrected chi connectivity index (χ0v) is 9.78. The first kappa shape index (κ1) is 10.8. The molecule has 0 bridgehead atoms. The molecule has 1 aromatic heterocycles. The number of hydrogen-bond acceptors (Lipinski definition) is 4. The molecule has 0 saturated heterocycles. The van der Waals surface area contributed by atoms with Crippen molar-refractivity contribution in [1.29, 1.82) is 0 Å². The fourth-order valence-electron chi connectivity index (χ4n) is 1.46. The Kier molecular flexibility index (Phi) is 2.75. The first-order valence-corrected chi connectivity index (χ1v) is 5.19. The summed E-state index contributed by atoms with van der Waals surface area (Å²) in [5.41, 5.74) is 7.21. The normalized spacial score (nSPS) is 10.4. The van der Waals surface area contributed by atoms with Crippen molar-refractivity contribution < 1.29 is 0 Å². The molecule has 0 fully saturated rings. The van der Waals surface area contributed by atoms with E-state index in [2.05, 4.69) is 15.0 Å². The molecule has 0 amide bonds. The van der Waals surface area contributed by atoms with Crippen LogP contribution in [0.3, 0.4) is 0 Å². The first-order valence-electron chi connectivity index (χ1n) is 4.81. The Labute approximate surface area is 98.5 Å². The summed E-state index contributed by atoms with van der Waals surface area (Å²) < 4.78 is 0. The van der Waals surface area contributed by atoms with E-state index < -0.39 is 0 Å². The number of nitrogens with two attached hydrogens (primary N) is 1. The van der Waals surface area contributed by atoms with Crippen molar-refractivity contribution in [2.45, 2.75) is 13.8 Å². The highest BCUT2D eigenvalue weighted by Crippen LogP contribution is 2.26. The van der Waals surface area contributed by atoms with Crippen molar-refractivity contribution in [2.75, 3.05) is 5.73 Å². The molecule has 0 atom stereocenters. The number of hydrogen-bond donors (Lipinski definition) is 1. The molecule has 2 N–H and O–H groups in total. The van der Waals surface area contributed by atoms with Gasteiger partial charge in [0.2, 0.25) is 0 Å². The van der Waals surface area contributed by atoms with Crippen molar-refractivity contribution in [3.05, 3.63) is 34.9 Å². The van der Waals surface area contributed by atoms with E-state index in [1.165, 1.54) is 0 Å². The molecule has 0 aliphatic carbocycles. The highest BCUT2D eigenvalue weighted by molar-refractivity contribution is 6.31. The minimum Gasteiger partial charge on any atom is -0.398 e. The number of nitrogen functional groups attached to an aromatic ring is 1. The van der Waals surface area contributed by atoms with E-state index in [1.807, 2.05) is 13.8 Å². The number of anilines is 1. The van der Waals surface area contributed by atoms with Gasteiger partial charge in [-0.25, -0.2) is 15.0 Å². The Morgan fingerprint density at radius 3 is 2.31 bits per heavy atom. The molecule has 5 heteroatoms. The lowest BCUT2D eigenvalue weighted by Gasteiger charge is -2.06. The molecule has 1 aromatic carbocycles. The lowest BCUT2D eigenvalue weighted by atomic mass is 10.1. The van der Waals surface area contributed by atoms with Gasteiger partial charge in [-0.15, -0.1) is 0 Å². The number of halogens is 1. The SMILES string of the molecule is Cc1nc(C)nc(-c2cc(Cl)ccc2N)n1. The summed E-state index contributed by atoms with van der Waals surface area (Å²) in [7, 11) is 0. The molecule has 2 aromatic rings. The van der Waals surface area contributed by atoms with Gasteiger partial charge < -0.3 is 5.73 Å². The van der Waals surface area contributed by atoms with Crippen LogP contribution in [0, 0.1) is 13.8 Å². The van der Waals surface area contributed by atoms with Gasteiger partial charge in [-0.05, 0) is 32.0 Å². The van der Waals surface area contributed by atoms with Crippen molar-refractivity contribution in [3.63, 3.8) is 0 Å². The van der Waals surface area contributed by atoms with Crippen LogP contribution in [0.15, 0.2) is 18.2 Å². The molecular weight excluding hydrogens is 224 g/mol.